The van der Waals surface area contributed by atoms with E-state index in [9.17, 15) is 24.6 Å². The molecule has 7 N–H and O–H groups in total. The predicted octanol–water partition coefficient (Wildman–Crippen LogP) is -0.00150. The minimum absolute atomic E-state index is 0.0893. The summed E-state index contributed by atoms with van der Waals surface area (Å²) in [5.74, 6) is -2.77. The standard InChI is InChI=1S/C18H27N5O6/c1-2-3-11(6-13(24)22-12(16(27)28)4-5-14(25)26)18(29)7-10-8-20-17(19)23-15(10)21-9-18/h8,11-12,29H,2-7,9H2,1H3,(H,22,24)(H,25,26)(H,27,28)(H3,19,20,21,23)/t11-,12+,18?/m0/s1. The van der Waals surface area contributed by atoms with Gasteiger partial charge in [0, 0.05) is 37.6 Å². The molecule has 1 aliphatic heterocycles. The van der Waals surface area contributed by atoms with Crippen LogP contribution in [-0.4, -0.2) is 61.3 Å². The lowest BCUT2D eigenvalue weighted by Crippen LogP contribution is -2.51. The molecule has 2 heterocycles. The Morgan fingerprint density at radius 2 is 2.07 bits per heavy atom. The van der Waals surface area contributed by atoms with Crippen LogP contribution in [0.2, 0.25) is 0 Å². The summed E-state index contributed by atoms with van der Waals surface area (Å²) in [4.78, 5) is 42.5. The van der Waals surface area contributed by atoms with E-state index in [0.717, 1.165) is 0 Å². The van der Waals surface area contributed by atoms with E-state index in [4.69, 9.17) is 10.8 Å². The molecule has 0 aromatic carbocycles. The van der Waals surface area contributed by atoms with Crippen molar-refractivity contribution in [2.75, 3.05) is 17.6 Å². The zero-order valence-corrected chi connectivity index (χ0v) is 16.2. The van der Waals surface area contributed by atoms with Crippen LogP contribution in [0, 0.1) is 5.92 Å². The maximum atomic E-state index is 12.5. The van der Waals surface area contributed by atoms with Crippen LogP contribution in [0.4, 0.5) is 11.8 Å². The lowest BCUT2D eigenvalue weighted by atomic mass is 9.76. The number of carboxylic acid groups (broad SMARTS) is 2. The Bertz CT molecular complexity index is 773. The second-order valence-corrected chi connectivity index (χ2v) is 7.32. The van der Waals surface area contributed by atoms with Crippen LogP contribution in [0.5, 0.6) is 0 Å². The van der Waals surface area contributed by atoms with E-state index >= 15 is 0 Å². The first kappa shape index (κ1) is 22.3. The number of nitrogens with one attached hydrogen (secondary N) is 2. The molecule has 0 spiro atoms. The fraction of sp³-hybridized carbons (Fsp3) is 0.611. The molecule has 29 heavy (non-hydrogen) atoms. The van der Waals surface area contributed by atoms with Gasteiger partial charge in [-0.3, -0.25) is 9.59 Å². The summed E-state index contributed by atoms with van der Waals surface area (Å²) in [5.41, 5.74) is 5.00. The Morgan fingerprint density at radius 3 is 2.69 bits per heavy atom. The molecule has 160 valence electrons. The minimum atomic E-state index is -1.30. The molecule has 0 fully saturated rings. The van der Waals surface area contributed by atoms with Gasteiger partial charge in [-0.15, -0.1) is 0 Å². The van der Waals surface area contributed by atoms with Crippen LogP contribution < -0.4 is 16.4 Å². The number of nitrogens with zero attached hydrogens (tertiary/aromatic N) is 2. The molecule has 0 saturated carbocycles. The number of fused-ring (bicyclic) bond motifs is 1. The van der Waals surface area contributed by atoms with Gasteiger partial charge >= 0.3 is 11.9 Å². The maximum Gasteiger partial charge on any atom is 0.326 e. The number of hydrogen-bond donors (Lipinski definition) is 6. The number of amides is 1. The fourth-order valence-corrected chi connectivity index (χ4v) is 3.53. The fourth-order valence-electron chi connectivity index (χ4n) is 3.53. The van der Waals surface area contributed by atoms with Crippen molar-refractivity contribution in [3.8, 4) is 0 Å². The summed E-state index contributed by atoms with van der Waals surface area (Å²) in [5, 5.41) is 34.6. The number of carbonyl (C=O) groups excluding carboxylic acids is 1. The van der Waals surface area contributed by atoms with Gasteiger partial charge in [0.15, 0.2) is 0 Å². The average molecular weight is 409 g/mol. The number of anilines is 2. The number of aliphatic carboxylic acids is 2. The van der Waals surface area contributed by atoms with E-state index in [-0.39, 0.29) is 38.2 Å². The smallest absolute Gasteiger partial charge is 0.326 e. The molecule has 0 saturated heterocycles. The number of carbonyl (C=O) groups is 3. The number of β-amino-alcohol motifs (C(OH)–C–C–N with tert-alkyl or cyclic N) is 1. The zero-order chi connectivity index (χ0) is 21.6. The number of rotatable bonds is 10. The van der Waals surface area contributed by atoms with E-state index in [1.54, 1.807) is 0 Å². The van der Waals surface area contributed by atoms with Crippen molar-refractivity contribution in [2.45, 2.75) is 57.1 Å². The molecule has 3 atom stereocenters. The van der Waals surface area contributed by atoms with Crippen LogP contribution in [0.1, 0.15) is 44.6 Å². The minimum Gasteiger partial charge on any atom is -0.481 e. The molecule has 1 unspecified atom stereocenters. The van der Waals surface area contributed by atoms with E-state index in [0.29, 0.717) is 24.2 Å². The second kappa shape index (κ2) is 9.50. The van der Waals surface area contributed by atoms with E-state index in [1.807, 2.05) is 6.92 Å². The molecule has 0 aliphatic carbocycles. The Balaban J connectivity index is 2.08. The highest BCUT2D eigenvalue weighted by Gasteiger charge is 2.41. The number of hydrogen-bond acceptors (Lipinski definition) is 8. The average Bonchev–Trinajstić information content (AvgIpc) is 2.64. The predicted molar refractivity (Wildman–Crippen MR) is 103 cm³/mol. The number of aliphatic hydroxyl groups is 1. The first-order valence-corrected chi connectivity index (χ1v) is 9.46. The van der Waals surface area contributed by atoms with Crippen LogP contribution in [-0.2, 0) is 20.8 Å². The third kappa shape index (κ3) is 6.01. The van der Waals surface area contributed by atoms with Crippen molar-refractivity contribution in [3.05, 3.63) is 11.8 Å². The number of aromatic nitrogens is 2. The van der Waals surface area contributed by atoms with Gasteiger partial charge in [0.2, 0.25) is 11.9 Å². The Hall–Kier alpha value is -2.95. The van der Waals surface area contributed by atoms with Gasteiger partial charge in [0.05, 0.1) is 5.60 Å². The quantitative estimate of drug-likeness (QED) is 0.307. The molecule has 2 rings (SSSR count). The van der Waals surface area contributed by atoms with Crippen LogP contribution in [0.15, 0.2) is 6.20 Å². The van der Waals surface area contributed by atoms with Gasteiger partial charge in [-0.25, -0.2) is 9.78 Å². The molecule has 1 aromatic heterocycles. The summed E-state index contributed by atoms with van der Waals surface area (Å²) in [6, 6.07) is -1.29. The topological polar surface area (TPSA) is 188 Å². The summed E-state index contributed by atoms with van der Waals surface area (Å²) in [7, 11) is 0. The van der Waals surface area contributed by atoms with Gasteiger partial charge in [0.25, 0.3) is 0 Å². The maximum absolute atomic E-state index is 12.5. The highest BCUT2D eigenvalue weighted by molar-refractivity contribution is 5.84. The summed E-state index contributed by atoms with van der Waals surface area (Å²) in [6.07, 6.45) is 2.35. The van der Waals surface area contributed by atoms with Crippen molar-refractivity contribution in [3.63, 3.8) is 0 Å². The molecule has 1 aliphatic rings. The third-order valence-electron chi connectivity index (χ3n) is 5.05. The van der Waals surface area contributed by atoms with Gasteiger partial charge < -0.3 is 31.7 Å². The monoisotopic (exact) mass is 409 g/mol. The Kier molecular flexibility index (Phi) is 7.32. The van der Waals surface area contributed by atoms with Gasteiger partial charge in [-0.1, -0.05) is 13.3 Å². The molecule has 1 aromatic rings. The lowest BCUT2D eigenvalue weighted by molar-refractivity contribution is -0.143. The van der Waals surface area contributed by atoms with E-state index in [1.165, 1.54) is 6.20 Å². The number of nitrogen functional groups attached to an aromatic ring is 1. The molecule has 11 heteroatoms. The molecule has 1 amide bonds. The van der Waals surface area contributed by atoms with E-state index in [2.05, 4.69) is 20.6 Å². The zero-order valence-electron chi connectivity index (χ0n) is 16.2. The van der Waals surface area contributed by atoms with Gasteiger partial charge in [-0.05, 0) is 18.8 Å². The van der Waals surface area contributed by atoms with Crippen molar-refractivity contribution in [1.82, 2.24) is 15.3 Å². The Labute approximate surface area is 167 Å². The van der Waals surface area contributed by atoms with Crippen LogP contribution in [0.25, 0.3) is 0 Å². The summed E-state index contributed by atoms with van der Waals surface area (Å²) in [6.45, 7) is 2.09. The van der Waals surface area contributed by atoms with Crippen molar-refractivity contribution < 1.29 is 29.7 Å². The largest absolute Gasteiger partial charge is 0.481 e. The van der Waals surface area contributed by atoms with Crippen molar-refractivity contribution in [1.29, 1.82) is 0 Å². The molecule has 0 radical (unpaired) electrons. The number of carboxylic acids is 2. The molecule has 11 nitrogen and oxygen atoms in total. The normalized spacial score (nSPS) is 20.1. The van der Waals surface area contributed by atoms with Gasteiger partial charge in [-0.2, -0.15) is 4.98 Å². The van der Waals surface area contributed by atoms with Crippen molar-refractivity contribution in [2.24, 2.45) is 5.92 Å². The molecule has 0 bridgehead atoms. The third-order valence-corrected chi connectivity index (χ3v) is 5.05. The Morgan fingerprint density at radius 1 is 1.34 bits per heavy atom. The highest BCUT2D eigenvalue weighted by Crippen LogP contribution is 2.34. The first-order valence-electron chi connectivity index (χ1n) is 9.46. The second-order valence-electron chi connectivity index (χ2n) is 7.32. The van der Waals surface area contributed by atoms with E-state index < -0.39 is 35.4 Å². The number of nitrogens with two attached hydrogens (primary N) is 1. The molecular weight excluding hydrogens is 382 g/mol. The summed E-state index contributed by atoms with van der Waals surface area (Å²) >= 11 is 0. The SMILES string of the molecule is CCC[C@@H](CC(=O)N[C@H](CCC(=O)O)C(=O)O)C1(O)CNc2nc(N)ncc2C1. The first-order chi connectivity index (χ1) is 13.6. The van der Waals surface area contributed by atoms with Crippen molar-refractivity contribution >= 4 is 29.6 Å². The van der Waals surface area contributed by atoms with Crippen LogP contribution >= 0.6 is 0 Å². The molecular formula is C18H27N5O6. The highest BCUT2D eigenvalue weighted by atomic mass is 16.4. The van der Waals surface area contributed by atoms with Crippen LogP contribution in [0.3, 0.4) is 0 Å². The van der Waals surface area contributed by atoms with Gasteiger partial charge in [0.1, 0.15) is 11.9 Å². The lowest BCUT2D eigenvalue weighted by Gasteiger charge is -2.40. The summed E-state index contributed by atoms with van der Waals surface area (Å²) < 4.78 is 0.